The third-order valence-electron chi connectivity index (χ3n) is 3.50. The highest BCUT2D eigenvalue weighted by molar-refractivity contribution is 7.95. The number of aryl methyl sites for hydroxylation is 1. The summed E-state index contributed by atoms with van der Waals surface area (Å²) in [5.41, 5.74) is 1.93. The maximum Gasteiger partial charge on any atom is 0.217 e. The number of nitrogens with zero attached hydrogens (tertiary/aromatic N) is 2. The van der Waals surface area contributed by atoms with Crippen LogP contribution in [-0.2, 0) is 9.84 Å². The Morgan fingerprint density at radius 1 is 0.958 bits per heavy atom. The summed E-state index contributed by atoms with van der Waals surface area (Å²) in [6.07, 6.45) is 0. The molecule has 0 radical (unpaired) electrons. The Labute approximate surface area is 141 Å². The average Bonchev–Trinajstić information content (AvgIpc) is 2.60. The number of allylic oxidation sites excluding steroid dienone is 2. The van der Waals surface area contributed by atoms with Gasteiger partial charge in [0.05, 0.1) is 10.5 Å². The van der Waals surface area contributed by atoms with Crippen molar-refractivity contribution in [2.24, 2.45) is 0 Å². The lowest BCUT2D eigenvalue weighted by Gasteiger charge is -2.07. The second-order valence-corrected chi connectivity index (χ2v) is 6.96. The molecule has 6 heteroatoms. The Bertz CT molecular complexity index is 959. The fourth-order valence-corrected chi connectivity index (χ4v) is 3.42. The average molecular weight is 337 g/mol. The predicted octanol–water partition coefficient (Wildman–Crippen LogP) is 3.27. The van der Waals surface area contributed by atoms with E-state index in [1.807, 2.05) is 13.0 Å². The van der Waals surface area contributed by atoms with Crippen LogP contribution in [-0.4, -0.2) is 15.5 Å². The molecule has 0 amide bonds. The first kappa shape index (κ1) is 17.3. The Morgan fingerprint density at radius 3 is 2.00 bits per heavy atom. The lowest BCUT2D eigenvalue weighted by atomic mass is 10.1. The van der Waals surface area contributed by atoms with Gasteiger partial charge in [-0.2, -0.15) is 10.5 Å². The standard InChI is InChI=1S/C18H15N3O2S/c1-13-3-9-16(10-4-13)24(22,23)18(12-20)17(11-19)14-5-7-15(21-2)8-6-14/h3-10,21H,1-2H3/b18-17-. The van der Waals surface area contributed by atoms with Crippen LogP contribution in [0.2, 0.25) is 0 Å². The molecule has 0 saturated heterocycles. The highest BCUT2D eigenvalue weighted by Crippen LogP contribution is 2.27. The molecule has 2 rings (SSSR count). The van der Waals surface area contributed by atoms with Crippen molar-refractivity contribution in [2.45, 2.75) is 11.8 Å². The summed E-state index contributed by atoms with van der Waals surface area (Å²) in [6.45, 7) is 1.83. The van der Waals surface area contributed by atoms with Gasteiger partial charge in [-0.3, -0.25) is 0 Å². The summed E-state index contributed by atoms with van der Waals surface area (Å²) in [5, 5.41) is 21.7. The van der Waals surface area contributed by atoms with Gasteiger partial charge < -0.3 is 5.32 Å². The predicted molar refractivity (Wildman–Crippen MR) is 92.5 cm³/mol. The summed E-state index contributed by atoms with van der Waals surface area (Å²) < 4.78 is 25.5. The molecule has 24 heavy (non-hydrogen) atoms. The van der Waals surface area contributed by atoms with Crippen molar-refractivity contribution >= 4 is 21.1 Å². The highest BCUT2D eigenvalue weighted by atomic mass is 32.2. The SMILES string of the molecule is CNc1ccc(/C(C#N)=C(/C#N)S(=O)(=O)c2ccc(C)cc2)cc1. The number of benzene rings is 2. The molecule has 5 nitrogen and oxygen atoms in total. The Balaban J connectivity index is 2.65. The van der Waals surface area contributed by atoms with Crippen LogP contribution in [0.25, 0.3) is 5.57 Å². The van der Waals surface area contributed by atoms with Crippen LogP contribution in [0.15, 0.2) is 58.3 Å². The van der Waals surface area contributed by atoms with Crippen LogP contribution in [0.4, 0.5) is 5.69 Å². The van der Waals surface area contributed by atoms with Crippen LogP contribution < -0.4 is 5.32 Å². The van der Waals surface area contributed by atoms with Crippen LogP contribution >= 0.6 is 0 Å². The molecule has 0 fully saturated rings. The van der Waals surface area contributed by atoms with E-state index in [0.29, 0.717) is 5.56 Å². The van der Waals surface area contributed by atoms with Gasteiger partial charge in [-0.25, -0.2) is 8.42 Å². The molecule has 0 aliphatic carbocycles. The van der Waals surface area contributed by atoms with Gasteiger partial charge in [0, 0.05) is 12.7 Å². The van der Waals surface area contributed by atoms with Crippen molar-refractivity contribution in [3.63, 3.8) is 0 Å². The maximum atomic E-state index is 12.7. The van der Waals surface area contributed by atoms with Crippen molar-refractivity contribution in [1.29, 1.82) is 10.5 Å². The Hall–Kier alpha value is -3.09. The van der Waals surface area contributed by atoms with Crippen molar-refractivity contribution in [3.8, 4) is 12.1 Å². The third kappa shape index (κ3) is 3.29. The number of rotatable bonds is 4. The fraction of sp³-hybridized carbons (Fsp3) is 0.111. The molecule has 1 N–H and O–H groups in total. The molecule has 0 heterocycles. The smallest absolute Gasteiger partial charge is 0.217 e. The minimum Gasteiger partial charge on any atom is -0.388 e. The van der Waals surface area contributed by atoms with Gasteiger partial charge in [0.15, 0.2) is 4.91 Å². The van der Waals surface area contributed by atoms with Crippen molar-refractivity contribution in [3.05, 3.63) is 64.6 Å². The molecule has 0 spiro atoms. The van der Waals surface area contributed by atoms with E-state index in [1.54, 1.807) is 49.5 Å². The molecule has 0 saturated carbocycles. The molecule has 0 aliphatic rings. The maximum absolute atomic E-state index is 12.7. The third-order valence-corrected chi connectivity index (χ3v) is 5.23. The molecule has 0 atom stereocenters. The number of nitriles is 2. The van der Waals surface area contributed by atoms with Gasteiger partial charge in [0.1, 0.15) is 12.1 Å². The van der Waals surface area contributed by atoms with E-state index in [1.165, 1.54) is 12.1 Å². The van der Waals surface area contributed by atoms with E-state index < -0.39 is 14.7 Å². The van der Waals surface area contributed by atoms with Crippen LogP contribution in [0.1, 0.15) is 11.1 Å². The summed E-state index contributed by atoms with van der Waals surface area (Å²) >= 11 is 0. The van der Waals surface area contributed by atoms with Crippen molar-refractivity contribution < 1.29 is 8.42 Å². The fourth-order valence-electron chi connectivity index (χ4n) is 2.14. The van der Waals surface area contributed by atoms with E-state index in [9.17, 15) is 18.9 Å². The summed E-state index contributed by atoms with van der Waals surface area (Å²) in [4.78, 5) is -0.560. The van der Waals surface area contributed by atoms with Gasteiger partial charge in [0.25, 0.3) is 0 Å². The number of sulfone groups is 1. The first-order valence-corrected chi connectivity index (χ1v) is 8.56. The number of hydrogen-bond acceptors (Lipinski definition) is 5. The molecular weight excluding hydrogens is 322 g/mol. The van der Waals surface area contributed by atoms with E-state index >= 15 is 0 Å². The molecule has 0 aliphatic heterocycles. The Kier molecular flexibility index (Phi) is 5.03. The minimum atomic E-state index is -4.06. The largest absolute Gasteiger partial charge is 0.388 e. The first-order chi connectivity index (χ1) is 11.4. The molecule has 0 bridgehead atoms. The monoisotopic (exact) mass is 337 g/mol. The quantitative estimate of drug-likeness (QED) is 0.864. The van der Waals surface area contributed by atoms with Crippen LogP contribution in [0.3, 0.4) is 0 Å². The number of nitrogens with one attached hydrogen (secondary N) is 1. The van der Waals surface area contributed by atoms with Crippen LogP contribution in [0, 0.1) is 29.6 Å². The van der Waals surface area contributed by atoms with E-state index in [4.69, 9.17) is 0 Å². The van der Waals surface area contributed by atoms with Gasteiger partial charge >= 0.3 is 0 Å². The zero-order valence-corrected chi connectivity index (χ0v) is 14.1. The van der Waals surface area contributed by atoms with Gasteiger partial charge in [-0.15, -0.1) is 0 Å². The van der Waals surface area contributed by atoms with Gasteiger partial charge in [0.2, 0.25) is 9.84 Å². The first-order valence-electron chi connectivity index (χ1n) is 7.08. The normalized spacial score (nSPS) is 11.8. The zero-order valence-electron chi connectivity index (χ0n) is 13.2. The van der Waals surface area contributed by atoms with E-state index in [0.717, 1.165) is 11.3 Å². The van der Waals surface area contributed by atoms with E-state index in [2.05, 4.69) is 5.32 Å². The molecule has 0 unspecified atom stereocenters. The van der Waals surface area contributed by atoms with Gasteiger partial charge in [-0.1, -0.05) is 29.8 Å². The molecule has 2 aromatic carbocycles. The Morgan fingerprint density at radius 2 is 1.54 bits per heavy atom. The second-order valence-electron chi connectivity index (χ2n) is 5.07. The molecule has 0 aromatic heterocycles. The number of anilines is 1. The van der Waals surface area contributed by atoms with Gasteiger partial charge in [-0.05, 0) is 36.8 Å². The molecular formula is C18H15N3O2S. The van der Waals surface area contributed by atoms with Crippen molar-refractivity contribution in [1.82, 2.24) is 0 Å². The number of hydrogen-bond donors (Lipinski definition) is 1. The minimum absolute atomic E-state index is 0.00996. The summed E-state index contributed by atoms with van der Waals surface area (Å²) in [6, 6.07) is 16.3. The summed E-state index contributed by atoms with van der Waals surface area (Å²) in [7, 11) is -2.31. The summed E-state index contributed by atoms with van der Waals surface area (Å²) in [5.74, 6) is 0. The topological polar surface area (TPSA) is 93.8 Å². The lowest BCUT2D eigenvalue weighted by molar-refractivity contribution is 0.603. The lowest BCUT2D eigenvalue weighted by Crippen LogP contribution is -2.06. The molecule has 2 aromatic rings. The van der Waals surface area contributed by atoms with Crippen LogP contribution in [0.5, 0.6) is 0 Å². The second kappa shape index (κ2) is 6.99. The van der Waals surface area contributed by atoms with E-state index in [-0.39, 0.29) is 10.5 Å². The zero-order chi connectivity index (χ0) is 17.7. The van der Waals surface area contributed by atoms with Crippen molar-refractivity contribution in [2.75, 3.05) is 12.4 Å². The molecule has 120 valence electrons. The highest BCUT2D eigenvalue weighted by Gasteiger charge is 2.25.